The molecule has 2 N–H and O–H groups in total. The van der Waals surface area contributed by atoms with Crippen LogP contribution >= 0.6 is 12.2 Å². The summed E-state index contributed by atoms with van der Waals surface area (Å²) in [6.45, 7) is 0. The summed E-state index contributed by atoms with van der Waals surface area (Å²) in [6, 6.07) is 9.69. The van der Waals surface area contributed by atoms with Crippen molar-refractivity contribution < 1.29 is 22.8 Å². The third kappa shape index (κ3) is 3.31. The van der Waals surface area contributed by atoms with Crippen LogP contribution in [0.1, 0.15) is 32.6 Å². The Kier molecular flexibility index (Phi) is 4.74. The number of nitrogens with zero attached hydrogens (tertiary/aromatic N) is 2. The zero-order chi connectivity index (χ0) is 22.6. The molecule has 1 heterocycles. The lowest BCUT2D eigenvalue weighted by molar-refractivity contribution is -0.137. The molecule has 2 aromatic carbocycles. The molecule has 10 heteroatoms. The van der Waals surface area contributed by atoms with Crippen LogP contribution in [0.5, 0.6) is 0 Å². The smallest absolute Gasteiger partial charge is 0.355 e. The Labute approximate surface area is 180 Å². The molecular formula is C21H15F3N4O2S. The van der Waals surface area contributed by atoms with Crippen molar-refractivity contribution in [2.75, 3.05) is 11.9 Å². The summed E-state index contributed by atoms with van der Waals surface area (Å²) >= 11 is 5.29. The summed E-state index contributed by atoms with van der Waals surface area (Å²) in [6.07, 6.45) is -4.23. The Bertz CT molecular complexity index is 1190. The number of nitriles is 1. The maximum Gasteiger partial charge on any atom is 0.417 e. The van der Waals surface area contributed by atoms with Crippen molar-refractivity contribution in [1.29, 1.82) is 5.26 Å². The number of rotatable bonds is 2. The van der Waals surface area contributed by atoms with Gasteiger partial charge in [0.25, 0.3) is 11.8 Å². The number of thiocarbonyl (C=S) groups is 1. The minimum absolute atomic E-state index is 0.0119. The molecule has 158 valence electrons. The van der Waals surface area contributed by atoms with E-state index in [1.807, 2.05) is 0 Å². The molecule has 2 aliphatic rings. The Balaban J connectivity index is 1.69. The first-order chi connectivity index (χ1) is 14.6. The largest absolute Gasteiger partial charge is 0.417 e. The van der Waals surface area contributed by atoms with Gasteiger partial charge in [-0.3, -0.25) is 14.5 Å². The third-order valence-corrected chi connectivity index (χ3v) is 5.81. The quantitative estimate of drug-likeness (QED) is 0.696. The number of halogens is 3. The van der Waals surface area contributed by atoms with Crippen LogP contribution in [-0.2, 0) is 23.8 Å². The number of hydrogen-bond donors (Lipinski definition) is 2. The van der Waals surface area contributed by atoms with Gasteiger partial charge in [0.2, 0.25) is 0 Å². The van der Waals surface area contributed by atoms with Crippen LogP contribution in [0.25, 0.3) is 0 Å². The topological polar surface area (TPSA) is 85.2 Å². The standard InChI is InChI=1S/C21H15F3N4O2S/c1-26-17(29)11-2-3-12-8-20(9-14(12)6-11)18(30)28(19(31)27-20)15-5-4-13(10-25)16(7-15)21(22,23)24/h2-7H,8-9H2,1H3,(H,26,29)(H,27,31). The lowest BCUT2D eigenvalue weighted by Gasteiger charge is -2.21. The molecule has 0 radical (unpaired) electrons. The zero-order valence-electron chi connectivity index (χ0n) is 16.1. The molecule has 1 spiro atoms. The van der Waals surface area contributed by atoms with E-state index in [1.165, 1.54) is 19.2 Å². The first kappa shape index (κ1) is 20.8. The molecule has 0 aromatic heterocycles. The summed E-state index contributed by atoms with van der Waals surface area (Å²) in [5, 5.41) is 14.5. The van der Waals surface area contributed by atoms with Crippen molar-refractivity contribution in [3.63, 3.8) is 0 Å². The van der Waals surface area contributed by atoms with E-state index in [9.17, 15) is 22.8 Å². The van der Waals surface area contributed by atoms with E-state index >= 15 is 0 Å². The van der Waals surface area contributed by atoms with Crippen LogP contribution in [0.3, 0.4) is 0 Å². The van der Waals surface area contributed by atoms with E-state index in [-0.39, 0.29) is 29.5 Å². The molecule has 1 aliphatic heterocycles. The highest BCUT2D eigenvalue weighted by Crippen LogP contribution is 2.39. The molecule has 2 amide bonds. The predicted octanol–water partition coefficient (Wildman–Crippen LogP) is 2.70. The predicted molar refractivity (Wildman–Crippen MR) is 109 cm³/mol. The van der Waals surface area contributed by atoms with Crippen LogP contribution in [0.2, 0.25) is 0 Å². The number of benzene rings is 2. The van der Waals surface area contributed by atoms with Crippen LogP contribution in [-0.4, -0.2) is 29.5 Å². The molecule has 0 bridgehead atoms. The maximum atomic E-state index is 13.4. The molecule has 1 fully saturated rings. The molecule has 0 saturated carbocycles. The second kappa shape index (κ2) is 7.06. The van der Waals surface area contributed by atoms with Gasteiger partial charge < -0.3 is 10.6 Å². The minimum Gasteiger partial charge on any atom is -0.355 e. The van der Waals surface area contributed by atoms with E-state index in [0.717, 1.165) is 28.2 Å². The summed E-state index contributed by atoms with van der Waals surface area (Å²) in [5.74, 6) is -0.739. The van der Waals surface area contributed by atoms with Gasteiger partial charge in [-0.15, -0.1) is 0 Å². The van der Waals surface area contributed by atoms with Crippen LogP contribution in [0.4, 0.5) is 18.9 Å². The second-order valence-electron chi connectivity index (χ2n) is 7.41. The highest BCUT2D eigenvalue weighted by molar-refractivity contribution is 7.80. The second-order valence-corrected chi connectivity index (χ2v) is 7.80. The molecular weight excluding hydrogens is 429 g/mol. The van der Waals surface area contributed by atoms with Crippen LogP contribution < -0.4 is 15.5 Å². The fraction of sp³-hybridized carbons (Fsp3) is 0.238. The van der Waals surface area contributed by atoms with Gasteiger partial charge in [0.15, 0.2) is 5.11 Å². The van der Waals surface area contributed by atoms with E-state index in [4.69, 9.17) is 17.5 Å². The Morgan fingerprint density at radius 2 is 1.94 bits per heavy atom. The van der Waals surface area contributed by atoms with E-state index in [0.29, 0.717) is 5.56 Å². The van der Waals surface area contributed by atoms with Crippen molar-refractivity contribution >= 4 is 34.8 Å². The van der Waals surface area contributed by atoms with E-state index < -0.39 is 28.7 Å². The molecule has 1 saturated heterocycles. The number of nitrogens with one attached hydrogen (secondary N) is 2. The summed E-state index contributed by atoms with van der Waals surface area (Å²) < 4.78 is 40.1. The van der Waals surface area contributed by atoms with Crippen molar-refractivity contribution in [3.8, 4) is 6.07 Å². The first-order valence-corrected chi connectivity index (χ1v) is 9.62. The van der Waals surface area contributed by atoms with Gasteiger partial charge in [-0.2, -0.15) is 18.4 Å². The van der Waals surface area contributed by atoms with Gasteiger partial charge in [0.1, 0.15) is 5.54 Å². The van der Waals surface area contributed by atoms with Crippen molar-refractivity contribution in [3.05, 3.63) is 64.2 Å². The lowest BCUT2D eigenvalue weighted by atomic mass is 9.95. The van der Waals surface area contributed by atoms with Gasteiger partial charge in [-0.05, 0) is 53.7 Å². The number of alkyl halides is 3. The Morgan fingerprint density at radius 1 is 1.23 bits per heavy atom. The van der Waals surface area contributed by atoms with Crippen LogP contribution in [0.15, 0.2) is 36.4 Å². The van der Waals surface area contributed by atoms with Gasteiger partial charge in [0.05, 0.1) is 22.9 Å². The number of fused-ring (bicyclic) bond motifs is 1. The van der Waals surface area contributed by atoms with E-state index in [2.05, 4.69) is 10.6 Å². The molecule has 1 aliphatic carbocycles. The lowest BCUT2D eigenvalue weighted by Crippen LogP contribution is -2.48. The minimum atomic E-state index is -4.75. The molecule has 31 heavy (non-hydrogen) atoms. The van der Waals surface area contributed by atoms with E-state index in [1.54, 1.807) is 18.2 Å². The van der Waals surface area contributed by atoms with Crippen LogP contribution in [0, 0.1) is 11.3 Å². The average molecular weight is 444 g/mol. The monoisotopic (exact) mass is 444 g/mol. The highest BCUT2D eigenvalue weighted by Gasteiger charge is 2.53. The molecule has 1 unspecified atom stereocenters. The number of hydrogen-bond acceptors (Lipinski definition) is 4. The van der Waals surface area contributed by atoms with Crippen molar-refractivity contribution in [1.82, 2.24) is 10.6 Å². The first-order valence-electron chi connectivity index (χ1n) is 9.21. The third-order valence-electron chi connectivity index (χ3n) is 5.53. The fourth-order valence-corrected chi connectivity index (χ4v) is 4.44. The summed E-state index contributed by atoms with van der Waals surface area (Å²) in [5.41, 5.74) is -0.762. The van der Waals surface area contributed by atoms with Crippen molar-refractivity contribution in [2.45, 2.75) is 24.6 Å². The maximum absolute atomic E-state index is 13.4. The van der Waals surface area contributed by atoms with Crippen molar-refractivity contribution in [2.24, 2.45) is 0 Å². The number of amides is 2. The number of carbonyl (C=O) groups is 2. The normalized spacial score (nSPS) is 19.9. The van der Waals surface area contributed by atoms with Gasteiger partial charge >= 0.3 is 6.18 Å². The summed E-state index contributed by atoms with van der Waals surface area (Å²) in [4.78, 5) is 26.3. The Hall–Kier alpha value is -3.45. The van der Waals surface area contributed by atoms with Gasteiger partial charge in [0, 0.05) is 25.5 Å². The molecule has 4 rings (SSSR count). The zero-order valence-corrected chi connectivity index (χ0v) is 16.9. The van der Waals surface area contributed by atoms with Gasteiger partial charge in [-0.25, -0.2) is 0 Å². The SMILES string of the molecule is CNC(=O)c1ccc2c(c1)CC1(C2)NC(=S)N(c2ccc(C#N)c(C(F)(F)F)c2)C1=O. The molecule has 6 nitrogen and oxygen atoms in total. The highest BCUT2D eigenvalue weighted by atomic mass is 32.1. The number of carbonyl (C=O) groups excluding carboxylic acids is 2. The molecule has 1 atom stereocenters. The Morgan fingerprint density at radius 3 is 2.58 bits per heavy atom. The fourth-order valence-electron chi connectivity index (χ4n) is 4.06. The average Bonchev–Trinajstić information content (AvgIpc) is 3.21. The van der Waals surface area contributed by atoms with Gasteiger partial charge in [-0.1, -0.05) is 6.07 Å². The summed E-state index contributed by atoms with van der Waals surface area (Å²) in [7, 11) is 1.52. The molecule has 2 aromatic rings. The number of anilines is 1.